The number of rotatable bonds is 3. The lowest BCUT2D eigenvalue weighted by molar-refractivity contribution is -0.114. The van der Waals surface area contributed by atoms with Crippen molar-refractivity contribution in [1.82, 2.24) is 4.57 Å². The summed E-state index contributed by atoms with van der Waals surface area (Å²) in [5.74, 6) is -0.119. The van der Waals surface area contributed by atoms with Crippen LogP contribution in [0.4, 0.5) is 5.69 Å². The highest BCUT2D eigenvalue weighted by Crippen LogP contribution is 2.29. The molecule has 2 aromatic carbocycles. The van der Waals surface area contributed by atoms with Crippen molar-refractivity contribution in [2.75, 3.05) is 5.01 Å². The smallest absolute Gasteiger partial charge is 0.280 e. The lowest BCUT2D eigenvalue weighted by Gasteiger charge is -2.12. The van der Waals surface area contributed by atoms with Gasteiger partial charge < -0.3 is 4.57 Å². The number of anilines is 1. The second kappa shape index (κ2) is 7.13. The number of hydrogen-bond donors (Lipinski definition) is 0. The van der Waals surface area contributed by atoms with Gasteiger partial charge in [0.05, 0.1) is 27.7 Å². The number of hydrogen-bond acceptors (Lipinski definition) is 2. The minimum absolute atomic E-state index is 0.119. The number of hydrazone groups is 1. The van der Waals surface area contributed by atoms with Crippen LogP contribution < -0.4 is 5.01 Å². The van der Waals surface area contributed by atoms with Gasteiger partial charge in [-0.05, 0) is 62.7 Å². The molecule has 0 atom stereocenters. The minimum Gasteiger partial charge on any atom is -0.316 e. The highest BCUT2D eigenvalue weighted by molar-refractivity contribution is 6.33. The van der Waals surface area contributed by atoms with E-state index in [1.807, 2.05) is 81.4 Å². The second-order valence-corrected chi connectivity index (χ2v) is 7.22. The number of amides is 1. The van der Waals surface area contributed by atoms with Crippen molar-refractivity contribution in [3.8, 4) is 5.69 Å². The molecule has 3 aromatic rings. The average Bonchev–Trinajstić information content (AvgIpc) is 3.13. The summed E-state index contributed by atoms with van der Waals surface area (Å²) in [6.45, 7) is 5.93. The van der Waals surface area contributed by atoms with E-state index in [9.17, 15) is 4.79 Å². The van der Waals surface area contributed by atoms with Crippen LogP contribution in [-0.2, 0) is 4.79 Å². The fourth-order valence-corrected chi connectivity index (χ4v) is 3.74. The van der Waals surface area contributed by atoms with E-state index in [1.165, 1.54) is 5.01 Å². The number of halogens is 1. The normalized spacial score (nSPS) is 15.4. The Labute approximate surface area is 169 Å². The van der Waals surface area contributed by atoms with E-state index >= 15 is 0 Å². The Kier molecular flexibility index (Phi) is 4.65. The minimum atomic E-state index is -0.119. The van der Waals surface area contributed by atoms with Crippen molar-refractivity contribution in [2.45, 2.75) is 20.8 Å². The van der Waals surface area contributed by atoms with Crippen molar-refractivity contribution in [3.63, 3.8) is 0 Å². The lowest BCUT2D eigenvalue weighted by Crippen LogP contribution is -2.21. The first kappa shape index (κ1) is 18.3. The summed E-state index contributed by atoms with van der Waals surface area (Å²) in [6, 6.07) is 19.3. The first-order chi connectivity index (χ1) is 13.5. The lowest BCUT2D eigenvalue weighted by atomic mass is 10.1. The molecule has 4 nitrogen and oxygen atoms in total. The fraction of sp³-hybridized carbons (Fsp3) is 0.130. The van der Waals surface area contributed by atoms with Crippen molar-refractivity contribution < 1.29 is 4.79 Å². The van der Waals surface area contributed by atoms with Crippen LogP contribution in [0.25, 0.3) is 11.8 Å². The molecule has 0 spiro atoms. The van der Waals surface area contributed by atoms with Crippen LogP contribution in [0, 0.1) is 13.8 Å². The van der Waals surface area contributed by atoms with Crippen LogP contribution in [0.3, 0.4) is 0 Å². The number of carbonyl (C=O) groups excluding carboxylic acids is 1. The molecule has 0 aliphatic carbocycles. The van der Waals surface area contributed by atoms with E-state index < -0.39 is 0 Å². The first-order valence-corrected chi connectivity index (χ1v) is 9.46. The molecule has 0 bridgehead atoms. The molecule has 28 heavy (non-hydrogen) atoms. The number of para-hydroxylation sites is 2. The molecule has 0 saturated carbocycles. The molecule has 4 rings (SSSR count). The van der Waals surface area contributed by atoms with Gasteiger partial charge in [-0.2, -0.15) is 10.1 Å². The number of aromatic nitrogens is 1. The standard InChI is InChI=1S/C23H20ClN3O/c1-15-13-18(17(3)26(15)22-12-8-7-11-21(22)24)14-20-16(2)25-27(23(20)28)19-9-5-4-6-10-19/h4-14H,1-3H3/b20-14+. The summed E-state index contributed by atoms with van der Waals surface area (Å²) in [7, 11) is 0. The molecule has 140 valence electrons. The van der Waals surface area contributed by atoms with E-state index in [4.69, 9.17) is 11.6 Å². The molecule has 5 heteroatoms. The summed E-state index contributed by atoms with van der Waals surface area (Å²) >= 11 is 6.40. The van der Waals surface area contributed by atoms with Crippen molar-refractivity contribution in [2.24, 2.45) is 5.10 Å². The summed E-state index contributed by atoms with van der Waals surface area (Å²) in [4.78, 5) is 13.0. The van der Waals surface area contributed by atoms with Crippen molar-refractivity contribution in [1.29, 1.82) is 0 Å². The quantitative estimate of drug-likeness (QED) is 0.541. The van der Waals surface area contributed by atoms with Gasteiger partial charge in [0, 0.05) is 11.4 Å². The van der Waals surface area contributed by atoms with Gasteiger partial charge in [-0.1, -0.05) is 41.9 Å². The zero-order chi connectivity index (χ0) is 19.8. The molecular weight excluding hydrogens is 370 g/mol. The molecule has 0 unspecified atom stereocenters. The van der Waals surface area contributed by atoms with Crippen molar-refractivity contribution in [3.05, 3.63) is 88.2 Å². The first-order valence-electron chi connectivity index (χ1n) is 9.08. The van der Waals surface area contributed by atoms with Crippen LogP contribution in [0.15, 0.2) is 71.3 Å². The summed E-state index contributed by atoms with van der Waals surface area (Å²) in [5.41, 5.74) is 6.05. The van der Waals surface area contributed by atoms with Gasteiger partial charge in [-0.15, -0.1) is 0 Å². The number of aryl methyl sites for hydroxylation is 1. The average molecular weight is 390 g/mol. The maximum absolute atomic E-state index is 13.0. The highest BCUT2D eigenvalue weighted by Gasteiger charge is 2.29. The van der Waals surface area contributed by atoms with Crippen molar-refractivity contribution >= 4 is 35.0 Å². The topological polar surface area (TPSA) is 37.6 Å². The Morgan fingerprint density at radius 3 is 2.36 bits per heavy atom. The van der Waals surface area contributed by atoms with Gasteiger partial charge in [0.2, 0.25) is 0 Å². The number of carbonyl (C=O) groups is 1. The van der Waals surface area contributed by atoms with Crippen LogP contribution in [0.2, 0.25) is 5.02 Å². The molecule has 1 amide bonds. The molecule has 2 heterocycles. The summed E-state index contributed by atoms with van der Waals surface area (Å²) in [6.07, 6.45) is 1.92. The van der Waals surface area contributed by atoms with E-state index in [-0.39, 0.29) is 5.91 Å². The van der Waals surface area contributed by atoms with Crippen LogP contribution in [0.1, 0.15) is 23.9 Å². The molecule has 1 aliphatic heterocycles. The van der Waals surface area contributed by atoms with Gasteiger partial charge in [-0.3, -0.25) is 4.79 Å². The maximum atomic E-state index is 13.0. The monoisotopic (exact) mass is 389 g/mol. The summed E-state index contributed by atoms with van der Waals surface area (Å²) < 4.78 is 2.11. The molecule has 0 saturated heterocycles. The molecule has 0 N–H and O–H groups in total. The fourth-order valence-electron chi connectivity index (χ4n) is 3.52. The Hall–Kier alpha value is -3.11. The van der Waals surface area contributed by atoms with E-state index in [1.54, 1.807) is 0 Å². The predicted molar refractivity (Wildman–Crippen MR) is 115 cm³/mol. The number of nitrogens with zero attached hydrogens (tertiary/aromatic N) is 3. The van der Waals surface area contributed by atoms with Crippen LogP contribution >= 0.6 is 11.6 Å². The Bertz CT molecular complexity index is 1130. The third-order valence-corrected chi connectivity index (χ3v) is 5.25. The van der Waals surface area contributed by atoms with E-state index in [0.717, 1.165) is 28.3 Å². The largest absolute Gasteiger partial charge is 0.316 e. The highest BCUT2D eigenvalue weighted by atomic mass is 35.5. The van der Waals surface area contributed by atoms with Crippen LogP contribution in [-0.4, -0.2) is 16.2 Å². The number of benzene rings is 2. The van der Waals surface area contributed by atoms with Gasteiger partial charge >= 0.3 is 0 Å². The van der Waals surface area contributed by atoms with Gasteiger partial charge in [0.25, 0.3) is 5.91 Å². The molecule has 1 aliphatic rings. The maximum Gasteiger partial charge on any atom is 0.280 e. The predicted octanol–water partition coefficient (Wildman–Crippen LogP) is 5.55. The molecule has 1 aromatic heterocycles. The van der Waals surface area contributed by atoms with Gasteiger partial charge in [-0.25, -0.2) is 0 Å². The molecule has 0 fully saturated rings. The van der Waals surface area contributed by atoms with Gasteiger partial charge in [0.15, 0.2) is 0 Å². The Morgan fingerprint density at radius 2 is 1.64 bits per heavy atom. The third kappa shape index (κ3) is 3.06. The van der Waals surface area contributed by atoms with E-state index in [2.05, 4.69) is 15.7 Å². The van der Waals surface area contributed by atoms with Crippen LogP contribution in [0.5, 0.6) is 0 Å². The van der Waals surface area contributed by atoms with Gasteiger partial charge in [0.1, 0.15) is 0 Å². The zero-order valence-electron chi connectivity index (χ0n) is 16.0. The third-order valence-electron chi connectivity index (χ3n) is 4.93. The second-order valence-electron chi connectivity index (χ2n) is 6.81. The van der Waals surface area contributed by atoms with E-state index in [0.29, 0.717) is 16.3 Å². The molecule has 0 radical (unpaired) electrons. The summed E-state index contributed by atoms with van der Waals surface area (Å²) in [5, 5.41) is 6.59. The SMILES string of the molecule is CC1=NN(c2ccccc2)C(=O)/C1=C/c1cc(C)n(-c2ccccc2Cl)c1C. The zero-order valence-corrected chi connectivity index (χ0v) is 16.7. The Morgan fingerprint density at radius 1 is 0.964 bits per heavy atom. The Balaban J connectivity index is 1.75. The molecular formula is C23H20ClN3O.